The molecule has 0 radical (unpaired) electrons. The average Bonchev–Trinajstić information content (AvgIpc) is 2.80. The Morgan fingerprint density at radius 3 is 3.00 bits per heavy atom. The minimum Gasteiger partial charge on any atom is -0.481 e. The number of carbonyl (C=O) groups is 1. The van der Waals surface area contributed by atoms with Gasteiger partial charge in [0.25, 0.3) is 5.91 Å². The quantitative estimate of drug-likeness (QED) is 0.794. The summed E-state index contributed by atoms with van der Waals surface area (Å²) in [4.78, 5) is 18.7. The van der Waals surface area contributed by atoms with Crippen molar-refractivity contribution in [2.45, 2.75) is 12.5 Å². The van der Waals surface area contributed by atoms with Gasteiger partial charge in [-0.05, 0) is 23.6 Å². The molecule has 0 bridgehead atoms. The Balaban J connectivity index is 1.90. The van der Waals surface area contributed by atoms with Gasteiger partial charge in [-0.1, -0.05) is 18.2 Å². The summed E-state index contributed by atoms with van der Waals surface area (Å²) in [6.45, 7) is 0.748. The zero-order valence-electron chi connectivity index (χ0n) is 11.2. The van der Waals surface area contributed by atoms with Gasteiger partial charge in [-0.25, -0.2) is 4.98 Å². The number of benzene rings is 1. The van der Waals surface area contributed by atoms with Crippen molar-refractivity contribution in [3.8, 4) is 5.88 Å². The van der Waals surface area contributed by atoms with Gasteiger partial charge in [-0.15, -0.1) is 0 Å². The van der Waals surface area contributed by atoms with E-state index in [1.54, 1.807) is 7.11 Å². The molecule has 1 unspecified atom stereocenters. The zero-order chi connectivity index (χ0) is 13.7. The molecule has 0 saturated heterocycles. The second-order valence-electron chi connectivity index (χ2n) is 5.16. The lowest BCUT2D eigenvalue weighted by Gasteiger charge is -2.32. The van der Waals surface area contributed by atoms with Gasteiger partial charge in [0, 0.05) is 29.9 Å². The van der Waals surface area contributed by atoms with Gasteiger partial charge in [0.05, 0.1) is 13.2 Å². The van der Waals surface area contributed by atoms with Crippen LogP contribution in [0, 0.1) is 0 Å². The highest BCUT2D eigenvalue weighted by Crippen LogP contribution is 2.42. The largest absolute Gasteiger partial charge is 0.481 e. The number of aromatic nitrogens is 1. The van der Waals surface area contributed by atoms with Crippen molar-refractivity contribution in [1.29, 1.82) is 0 Å². The summed E-state index contributed by atoms with van der Waals surface area (Å²) in [6, 6.07) is 9.85. The first-order chi connectivity index (χ1) is 9.79. The first-order valence-corrected chi connectivity index (χ1v) is 6.72. The van der Waals surface area contributed by atoms with Crippen molar-refractivity contribution in [2.24, 2.45) is 0 Å². The van der Waals surface area contributed by atoms with Crippen LogP contribution in [-0.4, -0.2) is 29.4 Å². The SMILES string of the molecule is COc1cc2c(cn1)C1c3ccccc3C(=O)N1CC2. The van der Waals surface area contributed by atoms with E-state index in [2.05, 4.69) is 4.98 Å². The summed E-state index contributed by atoms with van der Waals surface area (Å²) in [7, 11) is 1.62. The predicted octanol–water partition coefficient (Wildman–Crippen LogP) is 2.19. The van der Waals surface area contributed by atoms with Crippen LogP contribution in [0.5, 0.6) is 5.88 Å². The summed E-state index contributed by atoms with van der Waals surface area (Å²) in [5, 5.41) is 0. The second kappa shape index (κ2) is 4.07. The van der Waals surface area contributed by atoms with Crippen LogP contribution in [0.4, 0.5) is 0 Å². The van der Waals surface area contributed by atoms with Crippen LogP contribution < -0.4 is 4.74 Å². The fourth-order valence-corrected chi connectivity index (χ4v) is 3.24. The molecule has 1 aromatic heterocycles. The van der Waals surface area contributed by atoms with Gasteiger partial charge < -0.3 is 9.64 Å². The Kier molecular flexibility index (Phi) is 2.33. The fourth-order valence-electron chi connectivity index (χ4n) is 3.24. The van der Waals surface area contributed by atoms with Gasteiger partial charge in [-0.3, -0.25) is 4.79 Å². The fraction of sp³-hybridized carbons (Fsp3) is 0.250. The molecule has 100 valence electrons. The molecule has 1 aromatic carbocycles. The van der Waals surface area contributed by atoms with E-state index in [4.69, 9.17) is 4.74 Å². The van der Waals surface area contributed by atoms with Gasteiger partial charge in [0.15, 0.2) is 0 Å². The molecule has 3 heterocycles. The second-order valence-corrected chi connectivity index (χ2v) is 5.16. The van der Waals surface area contributed by atoms with Crippen molar-refractivity contribution >= 4 is 5.91 Å². The minimum absolute atomic E-state index is 0.0147. The number of rotatable bonds is 1. The van der Waals surface area contributed by atoms with Crippen molar-refractivity contribution in [2.75, 3.05) is 13.7 Å². The van der Waals surface area contributed by atoms with Crippen molar-refractivity contribution in [3.05, 3.63) is 58.8 Å². The number of pyridine rings is 1. The van der Waals surface area contributed by atoms with Crippen molar-refractivity contribution < 1.29 is 9.53 Å². The molecule has 1 atom stereocenters. The Bertz CT molecular complexity index is 711. The highest BCUT2D eigenvalue weighted by Gasteiger charge is 2.40. The third-order valence-corrected chi connectivity index (χ3v) is 4.18. The molecule has 0 N–H and O–H groups in total. The normalized spacial score (nSPS) is 19.4. The molecule has 4 nitrogen and oxygen atoms in total. The summed E-state index contributed by atoms with van der Waals surface area (Å²) < 4.78 is 5.19. The zero-order valence-corrected chi connectivity index (χ0v) is 11.2. The molecule has 2 aliphatic rings. The Labute approximate surface area is 117 Å². The number of ether oxygens (including phenoxy) is 1. The number of fused-ring (bicyclic) bond motifs is 5. The number of methoxy groups -OCH3 is 1. The first-order valence-electron chi connectivity index (χ1n) is 6.72. The van der Waals surface area contributed by atoms with Gasteiger partial charge in [0.2, 0.25) is 5.88 Å². The molecule has 1 amide bonds. The molecule has 0 aliphatic carbocycles. The molecule has 0 spiro atoms. The maximum Gasteiger partial charge on any atom is 0.255 e. The molecule has 4 rings (SSSR count). The monoisotopic (exact) mass is 266 g/mol. The standard InChI is InChI=1S/C16H14N2O2/c1-20-14-8-10-6-7-18-15(13(10)9-17-14)11-4-2-3-5-12(11)16(18)19/h2-5,8-9,15H,6-7H2,1H3. The lowest BCUT2D eigenvalue weighted by molar-refractivity contribution is 0.0740. The number of carbonyl (C=O) groups excluding carboxylic acids is 1. The van der Waals surface area contributed by atoms with E-state index < -0.39 is 0 Å². The number of hydrogen-bond acceptors (Lipinski definition) is 3. The van der Waals surface area contributed by atoms with Crippen LogP contribution in [0.1, 0.15) is 33.1 Å². The Morgan fingerprint density at radius 2 is 2.15 bits per heavy atom. The minimum atomic E-state index is 0.0147. The molecule has 2 aromatic rings. The van der Waals surface area contributed by atoms with Crippen LogP contribution in [-0.2, 0) is 6.42 Å². The summed E-state index contributed by atoms with van der Waals surface area (Å²) in [6.07, 6.45) is 2.70. The molecule has 0 fully saturated rings. The van der Waals surface area contributed by atoms with Crippen LogP contribution >= 0.6 is 0 Å². The first kappa shape index (κ1) is 11.5. The molecular formula is C16H14N2O2. The molecule has 20 heavy (non-hydrogen) atoms. The van der Waals surface area contributed by atoms with Gasteiger partial charge in [0.1, 0.15) is 0 Å². The third kappa shape index (κ3) is 1.42. The highest BCUT2D eigenvalue weighted by atomic mass is 16.5. The van der Waals surface area contributed by atoms with E-state index in [-0.39, 0.29) is 11.9 Å². The maximum absolute atomic E-state index is 12.4. The maximum atomic E-state index is 12.4. The van der Waals surface area contributed by atoms with E-state index in [1.807, 2.05) is 41.4 Å². The Hall–Kier alpha value is -2.36. The van der Waals surface area contributed by atoms with Crippen LogP contribution in [0.3, 0.4) is 0 Å². The summed E-state index contributed by atoms with van der Waals surface area (Å²) in [5.74, 6) is 0.766. The highest BCUT2D eigenvalue weighted by molar-refractivity contribution is 6.00. The van der Waals surface area contributed by atoms with Crippen LogP contribution in [0.15, 0.2) is 36.5 Å². The van der Waals surface area contributed by atoms with E-state index >= 15 is 0 Å². The number of nitrogens with zero attached hydrogens (tertiary/aromatic N) is 2. The smallest absolute Gasteiger partial charge is 0.255 e. The molecular weight excluding hydrogens is 252 g/mol. The number of amides is 1. The van der Waals surface area contributed by atoms with E-state index in [0.717, 1.165) is 29.7 Å². The van der Waals surface area contributed by atoms with Crippen molar-refractivity contribution in [1.82, 2.24) is 9.88 Å². The Morgan fingerprint density at radius 1 is 1.30 bits per heavy atom. The van der Waals surface area contributed by atoms with Crippen molar-refractivity contribution in [3.63, 3.8) is 0 Å². The predicted molar refractivity (Wildman–Crippen MR) is 73.8 cm³/mol. The lowest BCUT2D eigenvalue weighted by Crippen LogP contribution is -2.35. The average molecular weight is 266 g/mol. The van der Waals surface area contributed by atoms with E-state index in [0.29, 0.717) is 5.88 Å². The van der Waals surface area contributed by atoms with Gasteiger partial charge >= 0.3 is 0 Å². The summed E-state index contributed by atoms with van der Waals surface area (Å²) in [5.41, 5.74) is 4.25. The molecule has 2 aliphatic heterocycles. The van der Waals surface area contributed by atoms with E-state index in [1.165, 1.54) is 5.56 Å². The molecule has 0 saturated carbocycles. The van der Waals surface area contributed by atoms with E-state index in [9.17, 15) is 4.79 Å². The van der Waals surface area contributed by atoms with Crippen LogP contribution in [0.2, 0.25) is 0 Å². The van der Waals surface area contributed by atoms with Gasteiger partial charge in [-0.2, -0.15) is 0 Å². The molecule has 4 heteroatoms. The summed E-state index contributed by atoms with van der Waals surface area (Å²) >= 11 is 0. The topological polar surface area (TPSA) is 42.4 Å². The number of hydrogen-bond donors (Lipinski definition) is 0. The van der Waals surface area contributed by atoms with Crippen LogP contribution in [0.25, 0.3) is 0 Å². The lowest BCUT2D eigenvalue weighted by atomic mass is 9.91. The third-order valence-electron chi connectivity index (χ3n) is 4.18.